The van der Waals surface area contributed by atoms with Crippen LogP contribution in [0, 0.1) is 5.92 Å². The summed E-state index contributed by atoms with van der Waals surface area (Å²) in [7, 11) is 0. The highest BCUT2D eigenvalue weighted by Crippen LogP contribution is 2.21. The van der Waals surface area contributed by atoms with Crippen LogP contribution >= 0.6 is 15.9 Å². The van der Waals surface area contributed by atoms with Crippen molar-refractivity contribution in [2.24, 2.45) is 27.4 Å². The number of guanidine groups is 2. The predicted molar refractivity (Wildman–Crippen MR) is 93.9 cm³/mol. The van der Waals surface area contributed by atoms with Gasteiger partial charge in [0.2, 0.25) is 11.9 Å². The van der Waals surface area contributed by atoms with Crippen molar-refractivity contribution in [3.05, 3.63) is 28.7 Å². The molecule has 23 heavy (non-hydrogen) atoms. The number of nitrogens with zero attached hydrogens (tertiary/aromatic N) is 3. The molecule has 1 aromatic rings. The molecule has 0 amide bonds. The van der Waals surface area contributed by atoms with E-state index >= 15 is 0 Å². The molecule has 0 aromatic heterocycles. The smallest absolute Gasteiger partial charge is 0.226 e. The molecule has 8 heteroatoms. The van der Waals surface area contributed by atoms with E-state index in [4.69, 9.17) is 21.0 Å². The van der Waals surface area contributed by atoms with Gasteiger partial charge in [0.25, 0.3) is 0 Å². The minimum Gasteiger partial charge on any atom is -0.493 e. The summed E-state index contributed by atoms with van der Waals surface area (Å²) in [6, 6.07) is 7.69. The fraction of sp³-hybridized carbons (Fsp3) is 0.467. The molecule has 0 saturated heterocycles. The Labute approximate surface area is 144 Å². The van der Waals surface area contributed by atoms with Crippen LogP contribution in [-0.4, -0.2) is 35.9 Å². The third-order valence-electron chi connectivity index (χ3n) is 3.16. The molecule has 4 N–H and O–H groups in total. The standard InChI is InChI=1S/C15H22BrN5O2/c1-10(8-22-12-6-4-11(16)5-7-12)9-23-21-14(18)19-13(17)20-15(21,2)3/h4-7,10H,8-9H2,1-3H3,(H4,17,18,19,20)/t10-/m1/s1. The SMILES string of the molecule is C[C@H](COc1ccc(Br)cc1)CON1C(N)=NC(N)=NC1(C)C. The second-order valence-corrected chi connectivity index (χ2v) is 6.81. The van der Waals surface area contributed by atoms with E-state index in [1.165, 1.54) is 5.06 Å². The normalized spacial score (nSPS) is 18.2. The van der Waals surface area contributed by atoms with Crippen molar-refractivity contribution in [2.45, 2.75) is 26.4 Å². The van der Waals surface area contributed by atoms with E-state index in [1.54, 1.807) is 0 Å². The molecule has 1 heterocycles. The Morgan fingerprint density at radius 2 is 1.87 bits per heavy atom. The largest absolute Gasteiger partial charge is 0.493 e. The minimum atomic E-state index is -0.692. The second-order valence-electron chi connectivity index (χ2n) is 5.89. The van der Waals surface area contributed by atoms with E-state index in [0.717, 1.165) is 10.2 Å². The topological polar surface area (TPSA) is 98.5 Å². The first-order valence-electron chi connectivity index (χ1n) is 7.29. The summed E-state index contributed by atoms with van der Waals surface area (Å²) in [5.74, 6) is 1.32. The summed E-state index contributed by atoms with van der Waals surface area (Å²) in [6.07, 6.45) is 0. The molecule has 1 atom stereocenters. The lowest BCUT2D eigenvalue weighted by Gasteiger charge is -2.37. The Hall–Kier alpha value is -1.80. The zero-order chi connectivity index (χ0) is 17.0. The first-order valence-corrected chi connectivity index (χ1v) is 8.08. The van der Waals surface area contributed by atoms with Crippen LogP contribution in [0.4, 0.5) is 0 Å². The van der Waals surface area contributed by atoms with Crippen LogP contribution in [0.3, 0.4) is 0 Å². The van der Waals surface area contributed by atoms with E-state index in [9.17, 15) is 0 Å². The zero-order valence-corrected chi connectivity index (χ0v) is 15.1. The molecule has 0 saturated carbocycles. The summed E-state index contributed by atoms with van der Waals surface area (Å²) >= 11 is 3.39. The van der Waals surface area contributed by atoms with Crippen molar-refractivity contribution in [1.29, 1.82) is 0 Å². The average Bonchev–Trinajstić information content (AvgIpc) is 2.44. The van der Waals surface area contributed by atoms with Gasteiger partial charge in [0.1, 0.15) is 5.75 Å². The lowest BCUT2D eigenvalue weighted by atomic mass is 10.2. The van der Waals surface area contributed by atoms with Gasteiger partial charge >= 0.3 is 0 Å². The van der Waals surface area contributed by atoms with E-state index in [2.05, 4.69) is 25.9 Å². The lowest BCUT2D eigenvalue weighted by molar-refractivity contribution is -0.167. The zero-order valence-electron chi connectivity index (χ0n) is 13.5. The molecule has 126 valence electrons. The maximum Gasteiger partial charge on any atom is 0.226 e. The van der Waals surface area contributed by atoms with Gasteiger partial charge < -0.3 is 16.2 Å². The van der Waals surface area contributed by atoms with Gasteiger partial charge in [0, 0.05) is 10.4 Å². The molecule has 2 rings (SSSR count). The third-order valence-corrected chi connectivity index (χ3v) is 3.69. The predicted octanol–water partition coefficient (Wildman–Crippen LogP) is 2.08. The van der Waals surface area contributed by atoms with Crippen LogP contribution < -0.4 is 16.2 Å². The van der Waals surface area contributed by atoms with E-state index in [0.29, 0.717) is 13.2 Å². The fourth-order valence-electron chi connectivity index (χ4n) is 2.04. The molecular weight excluding hydrogens is 362 g/mol. The molecule has 7 nitrogen and oxygen atoms in total. The summed E-state index contributed by atoms with van der Waals surface area (Å²) in [5, 5.41) is 1.47. The average molecular weight is 384 g/mol. The van der Waals surface area contributed by atoms with Crippen LogP contribution in [0.2, 0.25) is 0 Å². The molecule has 1 aromatic carbocycles. The number of benzene rings is 1. The van der Waals surface area contributed by atoms with E-state index in [-0.39, 0.29) is 17.8 Å². The molecule has 0 fully saturated rings. The molecule has 1 aliphatic rings. The summed E-state index contributed by atoms with van der Waals surface area (Å²) < 4.78 is 6.75. The van der Waals surface area contributed by atoms with Gasteiger partial charge in [-0.3, -0.25) is 4.84 Å². The highest BCUT2D eigenvalue weighted by atomic mass is 79.9. The number of aliphatic imine (C=N–C) groups is 2. The number of ether oxygens (including phenoxy) is 1. The van der Waals surface area contributed by atoms with Crippen molar-refractivity contribution < 1.29 is 9.57 Å². The number of nitrogens with two attached hydrogens (primary N) is 2. The van der Waals surface area contributed by atoms with Crippen LogP contribution in [0.15, 0.2) is 38.7 Å². The number of hydrogen-bond acceptors (Lipinski definition) is 7. The fourth-order valence-corrected chi connectivity index (χ4v) is 2.30. The quantitative estimate of drug-likeness (QED) is 0.783. The Morgan fingerprint density at radius 3 is 2.48 bits per heavy atom. The summed E-state index contributed by atoms with van der Waals surface area (Å²) in [6.45, 7) is 6.68. The first-order chi connectivity index (χ1) is 10.8. The van der Waals surface area contributed by atoms with E-state index in [1.807, 2.05) is 45.0 Å². The molecule has 0 unspecified atom stereocenters. The first kappa shape index (κ1) is 17.6. The monoisotopic (exact) mass is 383 g/mol. The molecule has 0 spiro atoms. The van der Waals surface area contributed by atoms with Gasteiger partial charge in [-0.15, -0.1) is 0 Å². The van der Waals surface area contributed by atoms with Crippen molar-refractivity contribution in [1.82, 2.24) is 5.06 Å². The second kappa shape index (κ2) is 7.18. The van der Waals surface area contributed by atoms with Crippen molar-refractivity contribution >= 4 is 27.8 Å². The van der Waals surface area contributed by atoms with Crippen molar-refractivity contribution in [3.63, 3.8) is 0 Å². The number of rotatable bonds is 6. The molecular formula is C15H22BrN5O2. The van der Waals surface area contributed by atoms with E-state index < -0.39 is 5.66 Å². The Morgan fingerprint density at radius 1 is 1.22 bits per heavy atom. The van der Waals surface area contributed by atoms with Gasteiger partial charge in [-0.05, 0) is 38.1 Å². The maximum absolute atomic E-state index is 5.86. The number of halogens is 1. The van der Waals surface area contributed by atoms with Gasteiger partial charge in [-0.1, -0.05) is 22.9 Å². The summed E-state index contributed by atoms with van der Waals surface area (Å²) in [4.78, 5) is 13.9. The Balaban J connectivity index is 1.83. The van der Waals surface area contributed by atoms with Gasteiger partial charge in [0.15, 0.2) is 5.66 Å². The minimum absolute atomic E-state index is 0.152. The lowest BCUT2D eigenvalue weighted by Crippen LogP contribution is -2.54. The highest BCUT2D eigenvalue weighted by Gasteiger charge is 2.33. The van der Waals surface area contributed by atoms with Crippen LogP contribution in [-0.2, 0) is 4.84 Å². The molecule has 0 radical (unpaired) electrons. The highest BCUT2D eigenvalue weighted by molar-refractivity contribution is 9.10. The third kappa shape index (κ3) is 4.84. The van der Waals surface area contributed by atoms with Crippen LogP contribution in [0.25, 0.3) is 0 Å². The van der Waals surface area contributed by atoms with Gasteiger partial charge in [-0.25, -0.2) is 4.99 Å². The van der Waals surface area contributed by atoms with Crippen LogP contribution in [0.5, 0.6) is 5.75 Å². The maximum atomic E-state index is 5.86. The molecule has 1 aliphatic heterocycles. The van der Waals surface area contributed by atoms with Gasteiger partial charge in [0.05, 0.1) is 13.2 Å². The molecule has 0 bridgehead atoms. The van der Waals surface area contributed by atoms with Gasteiger partial charge in [-0.2, -0.15) is 10.1 Å². The Bertz CT molecular complexity index is 600. The van der Waals surface area contributed by atoms with Crippen molar-refractivity contribution in [3.8, 4) is 5.75 Å². The number of hydroxylamine groups is 2. The Kier molecular flexibility index (Phi) is 5.48. The van der Waals surface area contributed by atoms with Crippen LogP contribution in [0.1, 0.15) is 20.8 Å². The molecule has 0 aliphatic carbocycles. The number of hydrogen-bond donors (Lipinski definition) is 2. The summed E-state index contributed by atoms with van der Waals surface area (Å²) in [5.41, 5.74) is 10.8. The van der Waals surface area contributed by atoms with Crippen molar-refractivity contribution in [2.75, 3.05) is 13.2 Å².